The summed E-state index contributed by atoms with van der Waals surface area (Å²) in [5.41, 5.74) is 3.97. The molecule has 0 heterocycles. The van der Waals surface area contributed by atoms with Gasteiger partial charge >= 0.3 is 0 Å². The van der Waals surface area contributed by atoms with E-state index in [1.807, 2.05) is 6.08 Å². The summed E-state index contributed by atoms with van der Waals surface area (Å²) in [6, 6.07) is 13.3. The number of aryl methyl sites for hydroxylation is 2. The lowest BCUT2D eigenvalue weighted by Crippen LogP contribution is -2.20. The van der Waals surface area contributed by atoms with Gasteiger partial charge in [-0.2, -0.15) is 0 Å². The molecule has 1 aliphatic rings. The molecule has 1 atom stereocenters. The molecule has 0 fully saturated rings. The maximum absolute atomic E-state index is 14.1. The smallest absolute Gasteiger partial charge is 0.166 e. The molecule has 0 radical (unpaired) electrons. The number of benzene rings is 2. The highest BCUT2D eigenvalue weighted by Crippen LogP contribution is 2.41. The molecule has 0 aromatic heterocycles. The van der Waals surface area contributed by atoms with Gasteiger partial charge in [-0.25, -0.2) is 8.78 Å². The zero-order chi connectivity index (χ0) is 19.3. The Morgan fingerprint density at radius 2 is 1.67 bits per heavy atom. The number of hydrogen-bond acceptors (Lipinski definition) is 0. The summed E-state index contributed by atoms with van der Waals surface area (Å²) in [4.78, 5) is 0. The molecule has 0 amide bonds. The lowest BCUT2D eigenvalue weighted by atomic mass is 9.72. The van der Waals surface area contributed by atoms with E-state index in [2.05, 4.69) is 50.3 Å². The van der Waals surface area contributed by atoms with Crippen molar-refractivity contribution in [3.05, 3.63) is 89.0 Å². The van der Waals surface area contributed by atoms with E-state index in [0.717, 1.165) is 50.2 Å². The summed E-state index contributed by atoms with van der Waals surface area (Å²) < 4.78 is 27.7. The highest BCUT2D eigenvalue weighted by Gasteiger charge is 2.28. The van der Waals surface area contributed by atoms with Crippen LogP contribution in [0.25, 0.3) is 5.57 Å². The van der Waals surface area contributed by atoms with Crippen molar-refractivity contribution in [2.75, 3.05) is 0 Å². The normalized spacial score (nSPS) is 19.2. The van der Waals surface area contributed by atoms with Gasteiger partial charge in [-0.3, -0.25) is 0 Å². The molecule has 2 aromatic rings. The predicted octanol–water partition coefficient (Wildman–Crippen LogP) is 7.29. The summed E-state index contributed by atoms with van der Waals surface area (Å²) in [5, 5.41) is 0. The van der Waals surface area contributed by atoms with Crippen LogP contribution in [0.4, 0.5) is 8.78 Å². The Balaban J connectivity index is 1.73. The highest BCUT2D eigenvalue weighted by molar-refractivity contribution is 5.75. The van der Waals surface area contributed by atoms with Crippen LogP contribution in [0.5, 0.6) is 0 Å². The third kappa shape index (κ3) is 4.55. The number of rotatable bonds is 7. The van der Waals surface area contributed by atoms with Crippen LogP contribution in [0.15, 0.2) is 60.7 Å². The molecular weight excluding hydrogens is 338 g/mol. The summed E-state index contributed by atoms with van der Waals surface area (Å²) >= 11 is 0. The van der Waals surface area contributed by atoms with Gasteiger partial charge in [0.05, 0.1) is 0 Å². The fraction of sp³-hybridized carbons (Fsp3) is 0.360. The van der Waals surface area contributed by atoms with E-state index in [9.17, 15) is 8.78 Å². The van der Waals surface area contributed by atoms with Gasteiger partial charge in [0, 0.05) is 5.56 Å². The predicted molar refractivity (Wildman–Crippen MR) is 110 cm³/mol. The van der Waals surface area contributed by atoms with Crippen molar-refractivity contribution in [3.63, 3.8) is 0 Å². The van der Waals surface area contributed by atoms with Crippen LogP contribution in [0.1, 0.15) is 56.2 Å². The van der Waals surface area contributed by atoms with Crippen LogP contribution < -0.4 is 0 Å². The average molecular weight is 366 g/mol. The zero-order valence-electron chi connectivity index (χ0n) is 16.3. The number of halogens is 2. The van der Waals surface area contributed by atoms with E-state index in [1.165, 1.54) is 11.1 Å². The third-order valence-electron chi connectivity index (χ3n) is 5.70. The molecule has 2 aromatic carbocycles. The summed E-state index contributed by atoms with van der Waals surface area (Å²) in [5.74, 6) is -1.55. The fourth-order valence-corrected chi connectivity index (χ4v) is 3.97. The maximum Gasteiger partial charge on any atom is 0.166 e. The minimum Gasteiger partial charge on any atom is -0.204 e. The van der Waals surface area contributed by atoms with E-state index >= 15 is 0 Å². The van der Waals surface area contributed by atoms with Crippen LogP contribution in [0.3, 0.4) is 0 Å². The van der Waals surface area contributed by atoms with Gasteiger partial charge in [-0.15, -0.1) is 0 Å². The van der Waals surface area contributed by atoms with Gasteiger partial charge in [-0.05, 0) is 60.3 Å². The molecule has 142 valence electrons. The van der Waals surface area contributed by atoms with Gasteiger partial charge in [-0.1, -0.05) is 74.9 Å². The Hall–Kier alpha value is -2.22. The lowest BCUT2D eigenvalue weighted by Gasteiger charge is -2.32. The Labute approximate surface area is 161 Å². The first-order valence-corrected chi connectivity index (χ1v) is 9.98. The third-order valence-corrected chi connectivity index (χ3v) is 5.70. The van der Waals surface area contributed by atoms with E-state index in [1.54, 1.807) is 12.1 Å². The Morgan fingerprint density at radius 3 is 2.30 bits per heavy atom. The van der Waals surface area contributed by atoms with Crippen molar-refractivity contribution < 1.29 is 8.78 Å². The standard InChI is InChI=1S/C25H28F2/c1-3-15-25(16-12-20-10-8-19(4-2)9-11-20)17-13-21(14-18-25)22-6-5-7-23(26)24(22)27/h5-11,13-14,17H,3-4,12,15-16,18H2,1-2H3. The first kappa shape index (κ1) is 19.5. The number of allylic oxidation sites excluding steroid dienone is 4. The second kappa shape index (κ2) is 8.65. The van der Waals surface area contributed by atoms with E-state index < -0.39 is 11.6 Å². The zero-order valence-corrected chi connectivity index (χ0v) is 16.3. The van der Waals surface area contributed by atoms with Crippen molar-refractivity contribution in [2.24, 2.45) is 5.41 Å². The second-order valence-corrected chi connectivity index (χ2v) is 7.58. The first-order valence-electron chi connectivity index (χ1n) is 9.98. The van der Waals surface area contributed by atoms with Crippen LogP contribution in [0, 0.1) is 17.0 Å². The molecule has 2 heteroatoms. The van der Waals surface area contributed by atoms with E-state index in [4.69, 9.17) is 0 Å². The van der Waals surface area contributed by atoms with E-state index in [-0.39, 0.29) is 5.41 Å². The molecule has 0 saturated heterocycles. The van der Waals surface area contributed by atoms with Crippen molar-refractivity contribution >= 4 is 5.57 Å². The summed E-state index contributed by atoms with van der Waals surface area (Å²) in [6.07, 6.45) is 12.5. The van der Waals surface area contributed by atoms with Crippen molar-refractivity contribution in [1.82, 2.24) is 0 Å². The molecule has 0 spiro atoms. The molecule has 27 heavy (non-hydrogen) atoms. The van der Waals surface area contributed by atoms with Gasteiger partial charge in [0.2, 0.25) is 0 Å². The Kier molecular flexibility index (Phi) is 6.26. The van der Waals surface area contributed by atoms with Crippen molar-refractivity contribution in [3.8, 4) is 0 Å². The van der Waals surface area contributed by atoms with E-state index in [0.29, 0.717) is 5.56 Å². The van der Waals surface area contributed by atoms with Crippen molar-refractivity contribution in [2.45, 2.75) is 52.4 Å². The minimum atomic E-state index is -0.789. The first-order chi connectivity index (χ1) is 13.1. The lowest BCUT2D eigenvalue weighted by molar-refractivity contribution is 0.321. The average Bonchev–Trinajstić information content (AvgIpc) is 2.70. The Bertz CT molecular complexity index is 830. The summed E-state index contributed by atoms with van der Waals surface area (Å²) in [7, 11) is 0. The van der Waals surface area contributed by atoms with Crippen LogP contribution in [-0.4, -0.2) is 0 Å². The SMILES string of the molecule is CCCC1(CCc2ccc(CC)cc2)C=CC(c2cccc(F)c2F)=CC1. The molecular formula is C25H28F2. The van der Waals surface area contributed by atoms with Crippen LogP contribution in [-0.2, 0) is 12.8 Å². The summed E-state index contributed by atoms with van der Waals surface area (Å²) in [6.45, 7) is 4.38. The second-order valence-electron chi connectivity index (χ2n) is 7.58. The molecule has 1 unspecified atom stereocenters. The topological polar surface area (TPSA) is 0 Å². The minimum absolute atomic E-state index is 0.103. The van der Waals surface area contributed by atoms with Gasteiger partial charge in [0.1, 0.15) is 0 Å². The molecule has 0 nitrogen and oxygen atoms in total. The molecule has 0 bridgehead atoms. The maximum atomic E-state index is 14.1. The largest absolute Gasteiger partial charge is 0.204 e. The van der Waals surface area contributed by atoms with Gasteiger partial charge < -0.3 is 0 Å². The monoisotopic (exact) mass is 366 g/mol. The molecule has 3 rings (SSSR count). The van der Waals surface area contributed by atoms with Gasteiger partial charge in [0.15, 0.2) is 11.6 Å². The van der Waals surface area contributed by atoms with Crippen LogP contribution in [0.2, 0.25) is 0 Å². The quantitative estimate of drug-likeness (QED) is 0.482. The Morgan fingerprint density at radius 1 is 0.926 bits per heavy atom. The van der Waals surface area contributed by atoms with Gasteiger partial charge in [0.25, 0.3) is 0 Å². The molecule has 1 aliphatic carbocycles. The molecule has 0 aliphatic heterocycles. The molecule has 0 saturated carbocycles. The van der Waals surface area contributed by atoms with Crippen molar-refractivity contribution in [1.29, 1.82) is 0 Å². The highest BCUT2D eigenvalue weighted by atomic mass is 19.2. The fourth-order valence-electron chi connectivity index (χ4n) is 3.97. The van der Waals surface area contributed by atoms with Crippen LogP contribution >= 0.6 is 0 Å². The number of hydrogen-bond donors (Lipinski definition) is 0. The molecule has 0 N–H and O–H groups in total.